The van der Waals surface area contributed by atoms with E-state index < -0.39 is 9.84 Å². The third kappa shape index (κ3) is 4.54. The first-order valence-electron chi connectivity index (χ1n) is 6.07. The van der Waals surface area contributed by atoms with Gasteiger partial charge in [-0.05, 0) is 12.1 Å². The van der Waals surface area contributed by atoms with Crippen LogP contribution >= 0.6 is 0 Å². The summed E-state index contributed by atoms with van der Waals surface area (Å²) in [6.45, 7) is 0.961. The highest BCUT2D eigenvalue weighted by molar-refractivity contribution is 7.90. The first-order chi connectivity index (χ1) is 9.04. The molecular formula is C14H17NO3S. The van der Waals surface area contributed by atoms with E-state index in [-0.39, 0.29) is 5.75 Å². The maximum atomic E-state index is 11.0. The van der Waals surface area contributed by atoms with Gasteiger partial charge in [0.1, 0.15) is 21.4 Å². The lowest BCUT2D eigenvalue weighted by Crippen LogP contribution is -2.21. The Balaban J connectivity index is 1.88. The fraction of sp³-hybridized carbons (Fsp3) is 0.286. The lowest BCUT2D eigenvalue weighted by Gasteiger charge is -2.01. The van der Waals surface area contributed by atoms with Crippen molar-refractivity contribution < 1.29 is 12.8 Å². The van der Waals surface area contributed by atoms with Gasteiger partial charge in [-0.2, -0.15) is 0 Å². The van der Waals surface area contributed by atoms with Crippen LogP contribution in [0.15, 0.2) is 46.9 Å². The molecule has 2 rings (SSSR count). The quantitative estimate of drug-likeness (QED) is 0.822. The summed E-state index contributed by atoms with van der Waals surface area (Å²) in [6, 6.07) is 13.7. The molecule has 102 valence electrons. The highest BCUT2D eigenvalue weighted by Gasteiger charge is 2.05. The maximum Gasteiger partial charge on any atom is 0.148 e. The van der Waals surface area contributed by atoms with Crippen LogP contribution in [0.5, 0.6) is 0 Å². The Hall–Kier alpha value is -1.59. The fourth-order valence-corrected chi connectivity index (χ4v) is 2.21. The van der Waals surface area contributed by atoms with Crippen molar-refractivity contribution in [1.29, 1.82) is 0 Å². The number of sulfone groups is 1. The molecule has 0 amide bonds. The van der Waals surface area contributed by atoms with Crippen LogP contribution in [-0.2, 0) is 16.4 Å². The van der Waals surface area contributed by atoms with Crippen LogP contribution in [-0.4, -0.2) is 27.0 Å². The van der Waals surface area contributed by atoms with Crippen LogP contribution in [0.2, 0.25) is 0 Å². The lowest BCUT2D eigenvalue weighted by atomic mass is 10.2. The van der Waals surface area contributed by atoms with Gasteiger partial charge in [0.05, 0.1) is 12.3 Å². The Morgan fingerprint density at radius 3 is 2.53 bits per heavy atom. The molecule has 1 aromatic heterocycles. The number of benzene rings is 1. The number of furan rings is 1. The molecule has 1 heterocycles. The van der Waals surface area contributed by atoms with Gasteiger partial charge in [-0.1, -0.05) is 30.3 Å². The molecule has 2 aromatic rings. The average Bonchev–Trinajstić information content (AvgIpc) is 2.83. The van der Waals surface area contributed by atoms with E-state index in [1.54, 1.807) is 0 Å². The van der Waals surface area contributed by atoms with Crippen LogP contribution in [0.25, 0.3) is 11.3 Å². The molecule has 5 heteroatoms. The van der Waals surface area contributed by atoms with Gasteiger partial charge in [-0.15, -0.1) is 0 Å². The number of hydrogen-bond acceptors (Lipinski definition) is 4. The summed E-state index contributed by atoms with van der Waals surface area (Å²) < 4.78 is 27.6. The SMILES string of the molecule is CS(=O)(=O)CCNCc1ccc(-c2ccccc2)o1. The van der Waals surface area contributed by atoms with Gasteiger partial charge in [0, 0.05) is 18.4 Å². The summed E-state index contributed by atoms with van der Waals surface area (Å²) in [6.07, 6.45) is 1.23. The Kier molecular flexibility index (Phi) is 4.39. The zero-order valence-electron chi connectivity index (χ0n) is 10.8. The number of rotatable bonds is 6. The Morgan fingerprint density at radius 1 is 1.11 bits per heavy atom. The maximum absolute atomic E-state index is 11.0. The number of hydrogen-bond donors (Lipinski definition) is 1. The van der Waals surface area contributed by atoms with Gasteiger partial charge in [0.2, 0.25) is 0 Å². The standard InChI is InChI=1S/C14H17NO3S/c1-19(16,17)10-9-15-11-13-7-8-14(18-13)12-5-3-2-4-6-12/h2-8,15H,9-11H2,1H3. The van der Waals surface area contributed by atoms with Crippen LogP contribution in [0.1, 0.15) is 5.76 Å². The smallest absolute Gasteiger partial charge is 0.148 e. The predicted molar refractivity (Wildman–Crippen MR) is 75.6 cm³/mol. The summed E-state index contributed by atoms with van der Waals surface area (Å²) in [7, 11) is -2.91. The average molecular weight is 279 g/mol. The molecule has 0 spiro atoms. The zero-order chi connectivity index (χ0) is 13.7. The second kappa shape index (κ2) is 6.04. The van der Waals surface area contributed by atoms with Crippen molar-refractivity contribution in [3.8, 4) is 11.3 Å². The summed E-state index contributed by atoms with van der Waals surface area (Å²) in [5.41, 5.74) is 1.03. The molecule has 0 unspecified atom stereocenters. The molecular weight excluding hydrogens is 262 g/mol. The van der Waals surface area contributed by atoms with Gasteiger partial charge in [0.15, 0.2) is 0 Å². The second-order valence-corrected chi connectivity index (χ2v) is 6.70. The Labute approximate surface area is 113 Å². The van der Waals surface area contributed by atoms with E-state index >= 15 is 0 Å². The van der Waals surface area contributed by atoms with Crippen molar-refractivity contribution in [3.63, 3.8) is 0 Å². The van der Waals surface area contributed by atoms with E-state index in [1.807, 2.05) is 42.5 Å². The summed E-state index contributed by atoms with van der Waals surface area (Å²) in [5, 5.41) is 3.05. The molecule has 0 saturated heterocycles. The Morgan fingerprint density at radius 2 is 1.84 bits per heavy atom. The molecule has 0 atom stereocenters. The van der Waals surface area contributed by atoms with Gasteiger partial charge in [0.25, 0.3) is 0 Å². The van der Waals surface area contributed by atoms with Crippen molar-refractivity contribution in [2.45, 2.75) is 6.54 Å². The van der Waals surface area contributed by atoms with E-state index in [0.717, 1.165) is 17.1 Å². The third-order valence-corrected chi connectivity index (χ3v) is 3.61. The van der Waals surface area contributed by atoms with Crippen molar-refractivity contribution in [1.82, 2.24) is 5.32 Å². The summed E-state index contributed by atoms with van der Waals surface area (Å²) in [5.74, 6) is 1.76. The van der Waals surface area contributed by atoms with Crippen LogP contribution in [0.4, 0.5) is 0 Å². The first-order valence-corrected chi connectivity index (χ1v) is 8.13. The molecule has 0 aliphatic heterocycles. The van der Waals surface area contributed by atoms with Crippen LogP contribution in [0, 0.1) is 0 Å². The molecule has 0 aliphatic rings. The van der Waals surface area contributed by atoms with Crippen LogP contribution < -0.4 is 5.32 Å². The topological polar surface area (TPSA) is 59.3 Å². The molecule has 4 nitrogen and oxygen atoms in total. The van der Waals surface area contributed by atoms with Crippen molar-refractivity contribution in [2.24, 2.45) is 0 Å². The zero-order valence-corrected chi connectivity index (χ0v) is 11.6. The lowest BCUT2D eigenvalue weighted by molar-refractivity contribution is 0.498. The number of nitrogens with one attached hydrogen (secondary N) is 1. The summed E-state index contributed by atoms with van der Waals surface area (Å²) >= 11 is 0. The molecule has 19 heavy (non-hydrogen) atoms. The van der Waals surface area contributed by atoms with Gasteiger partial charge in [-0.3, -0.25) is 0 Å². The van der Waals surface area contributed by atoms with Gasteiger partial charge < -0.3 is 9.73 Å². The predicted octanol–water partition coefficient (Wildman–Crippen LogP) is 2.08. The minimum absolute atomic E-state index is 0.138. The van der Waals surface area contributed by atoms with Crippen molar-refractivity contribution in [3.05, 3.63) is 48.2 Å². The van der Waals surface area contributed by atoms with Crippen LogP contribution in [0.3, 0.4) is 0 Å². The highest BCUT2D eigenvalue weighted by Crippen LogP contribution is 2.21. The molecule has 0 fully saturated rings. The van der Waals surface area contributed by atoms with Crippen molar-refractivity contribution >= 4 is 9.84 Å². The van der Waals surface area contributed by atoms with E-state index in [4.69, 9.17) is 4.42 Å². The van der Waals surface area contributed by atoms with E-state index in [0.29, 0.717) is 13.1 Å². The monoisotopic (exact) mass is 279 g/mol. The highest BCUT2D eigenvalue weighted by atomic mass is 32.2. The van der Waals surface area contributed by atoms with E-state index in [2.05, 4.69) is 5.32 Å². The minimum Gasteiger partial charge on any atom is -0.460 e. The minimum atomic E-state index is -2.91. The second-order valence-electron chi connectivity index (χ2n) is 4.44. The fourth-order valence-electron chi connectivity index (χ4n) is 1.70. The molecule has 0 bridgehead atoms. The largest absolute Gasteiger partial charge is 0.460 e. The van der Waals surface area contributed by atoms with E-state index in [1.165, 1.54) is 6.26 Å². The molecule has 0 saturated carbocycles. The molecule has 0 aliphatic carbocycles. The third-order valence-electron chi connectivity index (χ3n) is 2.67. The Bertz CT molecular complexity index is 617. The first kappa shape index (κ1) is 13.8. The van der Waals surface area contributed by atoms with Gasteiger partial charge >= 0.3 is 0 Å². The molecule has 1 aromatic carbocycles. The summed E-state index contributed by atoms with van der Waals surface area (Å²) in [4.78, 5) is 0. The molecule has 1 N–H and O–H groups in total. The van der Waals surface area contributed by atoms with E-state index in [9.17, 15) is 8.42 Å². The van der Waals surface area contributed by atoms with Crippen molar-refractivity contribution in [2.75, 3.05) is 18.6 Å². The molecule has 0 radical (unpaired) electrons. The normalized spacial score (nSPS) is 11.6. The van der Waals surface area contributed by atoms with Gasteiger partial charge in [-0.25, -0.2) is 8.42 Å².